The SMILES string of the molecule is CCCCN(C)C(=O)c1cc(Nc2ccccc2C)ccn1. The Morgan fingerprint density at radius 2 is 2.05 bits per heavy atom. The lowest BCUT2D eigenvalue weighted by Gasteiger charge is -2.17. The molecule has 0 aliphatic rings. The van der Waals surface area contributed by atoms with Crippen LogP contribution in [0, 0.1) is 6.92 Å². The summed E-state index contributed by atoms with van der Waals surface area (Å²) in [6.45, 7) is 4.92. The van der Waals surface area contributed by atoms with Gasteiger partial charge >= 0.3 is 0 Å². The van der Waals surface area contributed by atoms with Crippen molar-refractivity contribution in [2.45, 2.75) is 26.7 Å². The van der Waals surface area contributed by atoms with Crippen molar-refractivity contribution in [3.63, 3.8) is 0 Å². The highest BCUT2D eigenvalue weighted by atomic mass is 16.2. The predicted molar refractivity (Wildman–Crippen MR) is 90.6 cm³/mol. The summed E-state index contributed by atoms with van der Waals surface area (Å²) < 4.78 is 0. The molecule has 0 spiro atoms. The molecule has 4 heteroatoms. The molecule has 1 heterocycles. The van der Waals surface area contributed by atoms with Gasteiger partial charge in [0.15, 0.2) is 0 Å². The fourth-order valence-electron chi connectivity index (χ4n) is 2.19. The molecule has 4 nitrogen and oxygen atoms in total. The molecule has 0 aliphatic carbocycles. The van der Waals surface area contributed by atoms with Gasteiger partial charge in [-0.1, -0.05) is 31.5 Å². The summed E-state index contributed by atoms with van der Waals surface area (Å²) in [5.74, 6) is -0.0399. The number of pyridine rings is 1. The first kappa shape index (κ1) is 16.0. The third-order valence-electron chi connectivity index (χ3n) is 3.60. The fourth-order valence-corrected chi connectivity index (χ4v) is 2.19. The fraction of sp³-hybridized carbons (Fsp3) is 0.333. The number of nitrogens with zero attached hydrogens (tertiary/aromatic N) is 2. The van der Waals surface area contributed by atoms with E-state index < -0.39 is 0 Å². The molecule has 0 unspecified atom stereocenters. The van der Waals surface area contributed by atoms with Gasteiger partial charge in [-0.3, -0.25) is 9.78 Å². The normalized spacial score (nSPS) is 10.3. The van der Waals surface area contributed by atoms with E-state index in [1.807, 2.05) is 44.3 Å². The van der Waals surface area contributed by atoms with E-state index in [1.165, 1.54) is 0 Å². The smallest absolute Gasteiger partial charge is 0.272 e. The van der Waals surface area contributed by atoms with Gasteiger partial charge in [0.05, 0.1) is 0 Å². The number of carbonyl (C=O) groups is 1. The number of para-hydroxylation sites is 1. The maximum atomic E-state index is 12.4. The van der Waals surface area contributed by atoms with Crippen LogP contribution in [0.3, 0.4) is 0 Å². The topological polar surface area (TPSA) is 45.2 Å². The van der Waals surface area contributed by atoms with Crippen molar-refractivity contribution in [2.24, 2.45) is 0 Å². The summed E-state index contributed by atoms with van der Waals surface area (Å²) in [6, 6.07) is 11.7. The van der Waals surface area contributed by atoms with Gasteiger partial charge in [0.1, 0.15) is 5.69 Å². The molecule has 0 saturated heterocycles. The maximum absolute atomic E-state index is 12.4. The van der Waals surface area contributed by atoms with Crippen LogP contribution in [0.25, 0.3) is 0 Å². The lowest BCUT2D eigenvalue weighted by Crippen LogP contribution is -2.28. The molecule has 1 amide bonds. The Morgan fingerprint density at radius 1 is 1.27 bits per heavy atom. The van der Waals surface area contributed by atoms with Crippen molar-refractivity contribution in [2.75, 3.05) is 18.9 Å². The molecule has 1 aromatic carbocycles. The minimum Gasteiger partial charge on any atom is -0.355 e. The van der Waals surface area contributed by atoms with Gasteiger partial charge in [-0.15, -0.1) is 0 Å². The minimum atomic E-state index is -0.0399. The summed E-state index contributed by atoms with van der Waals surface area (Å²) >= 11 is 0. The van der Waals surface area contributed by atoms with Crippen molar-refractivity contribution in [1.82, 2.24) is 9.88 Å². The number of anilines is 2. The summed E-state index contributed by atoms with van der Waals surface area (Å²) in [7, 11) is 1.82. The maximum Gasteiger partial charge on any atom is 0.272 e. The van der Waals surface area contributed by atoms with Crippen molar-refractivity contribution in [1.29, 1.82) is 0 Å². The number of carbonyl (C=O) groups excluding carboxylic acids is 1. The van der Waals surface area contributed by atoms with Crippen LogP contribution in [0.4, 0.5) is 11.4 Å². The third-order valence-corrected chi connectivity index (χ3v) is 3.60. The molecule has 1 aromatic heterocycles. The number of aromatic nitrogens is 1. The zero-order valence-corrected chi connectivity index (χ0v) is 13.5. The van der Waals surface area contributed by atoms with Crippen molar-refractivity contribution >= 4 is 17.3 Å². The van der Waals surface area contributed by atoms with Crippen LogP contribution in [-0.4, -0.2) is 29.4 Å². The summed E-state index contributed by atoms with van der Waals surface area (Å²) in [5, 5.41) is 3.34. The molecular weight excluding hydrogens is 274 g/mol. The Morgan fingerprint density at radius 3 is 2.77 bits per heavy atom. The van der Waals surface area contributed by atoms with Crippen LogP contribution in [-0.2, 0) is 0 Å². The lowest BCUT2D eigenvalue weighted by atomic mass is 10.2. The van der Waals surface area contributed by atoms with Crippen LogP contribution in [0.15, 0.2) is 42.6 Å². The number of hydrogen-bond acceptors (Lipinski definition) is 3. The van der Waals surface area contributed by atoms with Gasteiger partial charge in [-0.25, -0.2) is 0 Å². The highest BCUT2D eigenvalue weighted by Gasteiger charge is 2.13. The van der Waals surface area contributed by atoms with E-state index in [9.17, 15) is 4.79 Å². The second-order valence-corrected chi connectivity index (χ2v) is 5.45. The summed E-state index contributed by atoms with van der Waals surface area (Å²) in [5.41, 5.74) is 3.53. The number of hydrogen-bond donors (Lipinski definition) is 1. The quantitative estimate of drug-likeness (QED) is 0.876. The summed E-state index contributed by atoms with van der Waals surface area (Å²) in [4.78, 5) is 18.3. The Hall–Kier alpha value is -2.36. The van der Waals surface area contributed by atoms with E-state index in [4.69, 9.17) is 0 Å². The predicted octanol–water partition coefficient (Wildman–Crippen LogP) is 4.01. The molecular formula is C18H23N3O. The molecule has 0 atom stereocenters. The number of aryl methyl sites for hydroxylation is 1. The third kappa shape index (κ3) is 4.07. The van der Waals surface area contributed by atoms with Crippen molar-refractivity contribution < 1.29 is 4.79 Å². The van der Waals surface area contributed by atoms with Crippen LogP contribution < -0.4 is 5.32 Å². The van der Waals surface area contributed by atoms with E-state index in [-0.39, 0.29) is 5.91 Å². The largest absolute Gasteiger partial charge is 0.355 e. The van der Waals surface area contributed by atoms with Crippen LogP contribution in [0.2, 0.25) is 0 Å². The molecule has 1 N–H and O–H groups in total. The van der Waals surface area contributed by atoms with E-state index >= 15 is 0 Å². The minimum absolute atomic E-state index is 0.0399. The van der Waals surface area contributed by atoms with Crippen LogP contribution in [0.5, 0.6) is 0 Å². The molecule has 0 fully saturated rings. The molecule has 0 aliphatic heterocycles. The monoisotopic (exact) mass is 297 g/mol. The Kier molecular flexibility index (Phi) is 5.53. The zero-order chi connectivity index (χ0) is 15.9. The Balaban J connectivity index is 2.13. The number of rotatable bonds is 6. The van der Waals surface area contributed by atoms with Gasteiger partial charge in [-0.05, 0) is 37.1 Å². The molecule has 2 aromatic rings. The van der Waals surface area contributed by atoms with E-state index in [0.29, 0.717) is 5.69 Å². The average Bonchev–Trinajstić information content (AvgIpc) is 2.54. The van der Waals surface area contributed by atoms with Crippen LogP contribution in [0.1, 0.15) is 35.8 Å². The highest BCUT2D eigenvalue weighted by molar-refractivity contribution is 5.93. The van der Waals surface area contributed by atoms with Crippen molar-refractivity contribution in [3.8, 4) is 0 Å². The van der Waals surface area contributed by atoms with Gasteiger partial charge in [0.2, 0.25) is 0 Å². The van der Waals surface area contributed by atoms with E-state index in [0.717, 1.165) is 36.3 Å². The number of nitrogens with one attached hydrogen (secondary N) is 1. The molecule has 22 heavy (non-hydrogen) atoms. The molecule has 2 rings (SSSR count). The first-order valence-corrected chi connectivity index (χ1v) is 7.66. The number of benzene rings is 1. The Bertz CT molecular complexity index is 640. The Labute approximate surface area is 132 Å². The molecule has 0 radical (unpaired) electrons. The molecule has 0 bridgehead atoms. The van der Waals surface area contributed by atoms with E-state index in [1.54, 1.807) is 17.2 Å². The zero-order valence-electron chi connectivity index (χ0n) is 13.5. The van der Waals surface area contributed by atoms with Gasteiger partial charge < -0.3 is 10.2 Å². The van der Waals surface area contributed by atoms with Crippen molar-refractivity contribution in [3.05, 3.63) is 53.9 Å². The first-order chi connectivity index (χ1) is 10.6. The average molecular weight is 297 g/mol. The second-order valence-electron chi connectivity index (χ2n) is 5.45. The second kappa shape index (κ2) is 7.59. The van der Waals surface area contributed by atoms with Gasteiger partial charge in [0, 0.05) is 31.2 Å². The van der Waals surface area contributed by atoms with Gasteiger partial charge in [-0.2, -0.15) is 0 Å². The van der Waals surface area contributed by atoms with E-state index in [2.05, 4.69) is 17.2 Å². The summed E-state index contributed by atoms with van der Waals surface area (Å²) in [6.07, 6.45) is 3.74. The molecule has 116 valence electrons. The number of unbranched alkanes of at least 4 members (excludes halogenated alkanes) is 1. The lowest BCUT2D eigenvalue weighted by molar-refractivity contribution is 0.0787. The first-order valence-electron chi connectivity index (χ1n) is 7.66. The van der Waals surface area contributed by atoms with Gasteiger partial charge in [0.25, 0.3) is 5.91 Å². The van der Waals surface area contributed by atoms with Crippen LogP contribution >= 0.6 is 0 Å². The molecule has 0 saturated carbocycles. The standard InChI is InChI=1S/C18H23N3O/c1-4-5-12-21(3)18(22)17-13-15(10-11-19-17)20-16-9-7-6-8-14(16)2/h6-11,13H,4-5,12H2,1-3H3,(H,19,20). The number of amides is 1. The highest BCUT2D eigenvalue weighted by Crippen LogP contribution is 2.20.